The van der Waals surface area contributed by atoms with Crippen LogP contribution in [0, 0.1) is 5.82 Å². The highest BCUT2D eigenvalue weighted by Crippen LogP contribution is 2.37. The Bertz CT molecular complexity index is 1500. The van der Waals surface area contributed by atoms with Gasteiger partial charge in [-0.15, -0.1) is 10.2 Å². The zero-order valence-electron chi connectivity index (χ0n) is 18.0. The molecule has 0 spiro atoms. The van der Waals surface area contributed by atoms with E-state index < -0.39 is 0 Å². The molecule has 9 heteroatoms. The molecule has 0 bridgehead atoms. The second-order valence-electron chi connectivity index (χ2n) is 7.52. The molecule has 2 aromatic carbocycles. The molecule has 0 aliphatic heterocycles. The fourth-order valence-electron chi connectivity index (χ4n) is 3.61. The molecule has 0 aliphatic rings. The standard InChI is InChI=1S/C25H18FN5O3/c1-27-24(33)16-8-6-15(7-9-16)20-18-3-2-12-28-21(18)23(32)22(29-20)25-31-30-19(34-25)13-14-4-10-17(26)11-5-14/h2-12,32H,13H2,1H3,(H,27,33). The van der Waals surface area contributed by atoms with Gasteiger partial charge in [0.25, 0.3) is 11.8 Å². The molecule has 8 nitrogen and oxygen atoms in total. The van der Waals surface area contributed by atoms with Gasteiger partial charge < -0.3 is 14.8 Å². The summed E-state index contributed by atoms with van der Waals surface area (Å²) >= 11 is 0. The first-order chi connectivity index (χ1) is 16.5. The van der Waals surface area contributed by atoms with Crippen LogP contribution in [0.5, 0.6) is 5.75 Å². The number of aromatic nitrogens is 4. The SMILES string of the molecule is CNC(=O)c1ccc(-c2nc(-c3nnc(Cc4ccc(F)cc4)o3)c(O)c3ncccc23)cc1. The normalized spacial score (nSPS) is 11.0. The Labute approximate surface area is 193 Å². The molecule has 0 saturated heterocycles. The summed E-state index contributed by atoms with van der Waals surface area (Å²) in [5, 5.41) is 22.2. The average molecular weight is 455 g/mol. The Morgan fingerprint density at radius 2 is 1.79 bits per heavy atom. The number of fused-ring (bicyclic) bond motifs is 1. The van der Waals surface area contributed by atoms with Gasteiger partial charge in [-0.3, -0.25) is 9.78 Å². The van der Waals surface area contributed by atoms with Crippen LogP contribution in [0.2, 0.25) is 0 Å². The molecule has 168 valence electrons. The van der Waals surface area contributed by atoms with E-state index in [-0.39, 0.29) is 29.1 Å². The Hall–Kier alpha value is -4.66. The minimum absolute atomic E-state index is 0.0328. The number of carbonyl (C=O) groups excluding carboxylic acids is 1. The number of pyridine rings is 2. The summed E-state index contributed by atoms with van der Waals surface area (Å²) in [5.41, 5.74) is 2.99. The Balaban J connectivity index is 1.57. The molecular formula is C25H18FN5O3. The molecule has 1 amide bonds. The van der Waals surface area contributed by atoms with Crippen LogP contribution in [0.15, 0.2) is 71.3 Å². The highest BCUT2D eigenvalue weighted by Gasteiger charge is 2.21. The third kappa shape index (κ3) is 3.95. The second kappa shape index (κ2) is 8.70. The number of benzene rings is 2. The van der Waals surface area contributed by atoms with Crippen LogP contribution in [0.25, 0.3) is 33.7 Å². The van der Waals surface area contributed by atoms with E-state index in [9.17, 15) is 14.3 Å². The summed E-state index contributed by atoms with van der Waals surface area (Å²) < 4.78 is 18.9. The highest BCUT2D eigenvalue weighted by atomic mass is 19.1. The van der Waals surface area contributed by atoms with E-state index in [1.807, 2.05) is 0 Å². The first-order valence-corrected chi connectivity index (χ1v) is 10.4. The van der Waals surface area contributed by atoms with Gasteiger partial charge in [0.1, 0.15) is 11.3 Å². The van der Waals surface area contributed by atoms with Crippen LogP contribution >= 0.6 is 0 Å². The number of halogens is 1. The number of hydrogen-bond donors (Lipinski definition) is 2. The van der Waals surface area contributed by atoms with Crippen LogP contribution in [-0.2, 0) is 6.42 Å². The second-order valence-corrected chi connectivity index (χ2v) is 7.52. The molecule has 5 rings (SSSR count). The van der Waals surface area contributed by atoms with Gasteiger partial charge in [-0.25, -0.2) is 9.37 Å². The summed E-state index contributed by atoms with van der Waals surface area (Å²) in [4.78, 5) is 20.8. The van der Waals surface area contributed by atoms with Crippen LogP contribution < -0.4 is 5.32 Å². The number of aromatic hydroxyl groups is 1. The maximum absolute atomic E-state index is 13.2. The largest absolute Gasteiger partial charge is 0.504 e. The fraction of sp³-hybridized carbons (Fsp3) is 0.0800. The van der Waals surface area contributed by atoms with Gasteiger partial charge in [0, 0.05) is 29.8 Å². The lowest BCUT2D eigenvalue weighted by Gasteiger charge is -2.10. The predicted molar refractivity (Wildman–Crippen MR) is 123 cm³/mol. The van der Waals surface area contributed by atoms with Crippen molar-refractivity contribution in [2.45, 2.75) is 6.42 Å². The van der Waals surface area contributed by atoms with Gasteiger partial charge in [-0.05, 0) is 42.0 Å². The molecular weight excluding hydrogens is 437 g/mol. The average Bonchev–Trinajstić information content (AvgIpc) is 3.33. The molecule has 0 radical (unpaired) electrons. The van der Waals surface area contributed by atoms with Crippen molar-refractivity contribution in [3.63, 3.8) is 0 Å². The molecule has 2 N–H and O–H groups in total. The van der Waals surface area contributed by atoms with Crippen LogP contribution in [0.3, 0.4) is 0 Å². The van der Waals surface area contributed by atoms with Crippen molar-refractivity contribution < 1.29 is 18.7 Å². The lowest BCUT2D eigenvalue weighted by molar-refractivity contribution is 0.0963. The van der Waals surface area contributed by atoms with E-state index in [1.165, 1.54) is 12.1 Å². The number of hydrogen-bond acceptors (Lipinski definition) is 7. The number of rotatable bonds is 5. The maximum atomic E-state index is 13.2. The number of nitrogens with one attached hydrogen (secondary N) is 1. The summed E-state index contributed by atoms with van der Waals surface area (Å²) in [6.45, 7) is 0. The number of amides is 1. The summed E-state index contributed by atoms with van der Waals surface area (Å²) in [6.07, 6.45) is 1.87. The van der Waals surface area contributed by atoms with E-state index >= 15 is 0 Å². The third-order valence-corrected chi connectivity index (χ3v) is 5.32. The molecule has 0 fully saturated rings. The number of nitrogens with zero attached hydrogens (tertiary/aromatic N) is 4. The van der Waals surface area contributed by atoms with E-state index in [1.54, 1.807) is 61.8 Å². The van der Waals surface area contributed by atoms with Crippen molar-refractivity contribution in [3.8, 4) is 28.6 Å². The molecule has 3 heterocycles. The Morgan fingerprint density at radius 3 is 2.53 bits per heavy atom. The number of carbonyl (C=O) groups is 1. The van der Waals surface area contributed by atoms with Gasteiger partial charge in [-0.2, -0.15) is 0 Å². The molecule has 0 atom stereocenters. The minimum atomic E-state index is -0.330. The fourth-order valence-corrected chi connectivity index (χ4v) is 3.61. The lowest BCUT2D eigenvalue weighted by atomic mass is 10.0. The molecule has 5 aromatic rings. The van der Waals surface area contributed by atoms with Gasteiger partial charge in [0.05, 0.1) is 12.1 Å². The smallest absolute Gasteiger partial charge is 0.270 e. The molecule has 34 heavy (non-hydrogen) atoms. The zero-order valence-corrected chi connectivity index (χ0v) is 18.0. The molecule has 0 aliphatic carbocycles. The summed E-state index contributed by atoms with van der Waals surface area (Å²) in [7, 11) is 1.57. The minimum Gasteiger partial charge on any atom is -0.504 e. The monoisotopic (exact) mass is 455 g/mol. The highest BCUT2D eigenvalue weighted by molar-refractivity contribution is 5.99. The molecule has 3 aromatic heterocycles. The van der Waals surface area contributed by atoms with Gasteiger partial charge >= 0.3 is 0 Å². The summed E-state index contributed by atoms with van der Waals surface area (Å²) in [6, 6.07) is 16.5. The van der Waals surface area contributed by atoms with E-state index in [2.05, 4.69) is 25.5 Å². The quantitative estimate of drug-likeness (QED) is 0.409. The zero-order chi connectivity index (χ0) is 23.7. The summed E-state index contributed by atoms with van der Waals surface area (Å²) in [5.74, 6) is -0.385. The van der Waals surface area contributed by atoms with Crippen molar-refractivity contribution in [2.24, 2.45) is 0 Å². The van der Waals surface area contributed by atoms with Gasteiger partial charge in [0.15, 0.2) is 11.4 Å². The van der Waals surface area contributed by atoms with Crippen molar-refractivity contribution in [1.29, 1.82) is 0 Å². The van der Waals surface area contributed by atoms with E-state index in [0.717, 1.165) is 11.1 Å². The van der Waals surface area contributed by atoms with E-state index in [0.29, 0.717) is 34.5 Å². The van der Waals surface area contributed by atoms with Crippen molar-refractivity contribution in [3.05, 3.63) is 89.7 Å². The first kappa shape index (κ1) is 21.2. The van der Waals surface area contributed by atoms with Crippen LogP contribution in [0.4, 0.5) is 4.39 Å². The van der Waals surface area contributed by atoms with Crippen molar-refractivity contribution >= 4 is 16.8 Å². The van der Waals surface area contributed by atoms with Crippen LogP contribution in [0.1, 0.15) is 21.8 Å². The third-order valence-electron chi connectivity index (χ3n) is 5.32. The van der Waals surface area contributed by atoms with Gasteiger partial charge in [-0.1, -0.05) is 24.3 Å². The Morgan fingerprint density at radius 1 is 1.03 bits per heavy atom. The van der Waals surface area contributed by atoms with Crippen molar-refractivity contribution in [2.75, 3.05) is 7.05 Å². The Kier molecular flexibility index (Phi) is 5.43. The topological polar surface area (TPSA) is 114 Å². The van der Waals surface area contributed by atoms with Gasteiger partial charge in [0.2, 0.25) is 5.89 Å². The van der Waals surface area contributed by atoms with Crippen molar-refractivity contribution in [1.82, 2.24) is 25.5 Å². The van der Waals surface area contributed by atoms with Crippen LogP contribution in [-0.4, -0.2) is 38.2 Å². The van der Waals surface area contributed by atoms with E-state index in [4.69, 9.17) is 4.42 Å². The first-order valence-electron chi connectivity index (χ1n) is 10.4. The predicted octanol–water partition coefficient (Wildman–Crippen LogP) is 4.14. The molecule has 0 saturated carbocycles. The maximum Gasteiger partial charge on any atom is 0.270 e. The lowest BCUT2D eigenvalue weighted by Crippen LogP contribution is -2.17. The molecule has 0 unspecified atom stereocenters.